The number of carbonyl (C=O) groups excluding carboxylic acids is 1. The molecule has 0 rings (SSSR count). The van der Waals surface area contributed by atoms with Gasteiger partial charge in [-0.2, -0.15) is 0 Å². The van der Waals surface area contributed by atoms with Gasteiger partial charge in [0, 0.05) is 5.57 Å². The number of primary amides is 1. The van der Waals surface area contributed by atoms with Crippen LogP contribution in [0.5, 0.6) is 0 Å². The Labute approximate surface area is 172 Å². The Morgan fingerprint density at radius 1 is 0.880 bits per heavy atom. The van der Waals surface area contributed by atoms with E-state index in [1.54, 1.807) is 6.92 Å². The molecule has 4 heteroatoms. The minimum atomic E-state index is -0.435. The Hall–Kier alpha value is -0.100. The van der Waals surface area contributed by atoms with Crippen LogP contribution in [0.1, 0.15) is 91.4 Å². The Kier molecular flexibility index (Phi) is 31.0. The van der Waals surface area contributed by atoms with Crippen molar-refractivity contribution in [2.24, 2.45) is 5.73 Å². The van der Waals surface area contributed by atoms with Gasteiger partial charge in [0.05, 0.1) is 0 Å². The maximum atomic E-state index is 9.82. The number of hydrogen-bond acceptors (Lipinski definition) is 2. The molecular weight excluding hydrogens is 423 g/mol. The molecule has 1 amide bonds. The van der Waals surface area contributed by atoms with E-state index in [2.05, 4.69) is 62.0 Å². The van der Waals surface area contributed by atoms with Crippen LogP contribution < -0.4 is 5.73 Å². The molecular formula is C21H45IN2O. The van der Waals surface area contributed by atoms with Crippen molar-refractivity contribution in [3.05, 3.63) is 12.2 Å². The second-order valence-corrected chi connectivity index (χ2v) is 7.90. The molecule has 0 heterocycles. The lowest BCUT2D eigenvalue weighted by Crippen LogP contribution is -2.12. The quantitative estimate of drug-likeness (QED) is 0.148. The number of rotatable bonds is 13. The number of hydrogen-bond donors (Lipinski definition) is 1. The van der Waals surface area contributed by atoms with Gasteiger partial charge >= 0.3 is 0 Å². The maximum Gasteiger partial charge on any atom is 0.243 e. The molecule has 0 radical (unpaired) electrons. The van der Waals surface area contributed by atoms with Gasteiger partial charge in [-0.05, 0) is 44.8 Å². The van der Waals surface area contributed by atoms with E-state index in [0.29, 0.717) is 5.57 Å². The zero-order valence-electron chi connectivity index (χ0n) is 17.7. The summed E-state index contributed by atoms with van der Waals surface area (Å²) in [6.07, 6.45) is 15.7. The summed E-state index contributed by atoms with van der Waals surface area (Å²) >= 11 is 2.35. The van der Waals surface area contributed by atoms with Gasteiger partial charge in [-0.25, -0.2) is 0 Å². The zero-order valence-corrected chi connectivity index (χ0v) is 19.9. The van der Waals surface area contributed by atoms with Gasteiger partial charge in [-0.1, -0.05) is 101 Å². The summed E-state index contributed by atoms with van der Waals surface area (Å²) in [7, 11) is 4.32. The fourth-order valence-electron chi connectivity index (χ4n) is 1.92. The first-order chi connectivity index (χ1) is 11.8. The SMILES string of the molecule is C=C(C)C(N)=O.CCCCCCCCCCCCN(C)C.CCCI. The molecule has 0 unspecified atom stereocenters. The second kappa shape index (κ2) is 26.1. The van der Waals surface area contributed by atoms with Crippen molar-refractivity contribution in [3.63, 3.8) is 0 Å². The summed E-state index contributed by atoms with van der Waals surface area (Å²) in [6, 6.07) is 0. The van der Waals surface area contributed by atoms with Crippen molar-refractivity contribution in [1.82, 2.24) is 4.90 Å². The van der Waals surface area contributed by atoms with Crippen molar-refractivity contribution < 1.29 is 4.79 Å². The molecule has 2 N–H and O–H groups in total. The van der Waals surface area contributed by atoms with E-state index in [1.807, 2.05) is 0 Å². The summed E-state index contributed by atoms with van der Waals surface area (Å²) in [5.41, 5.74) is 5.09. The van der Waals surface area contributed by atoms with Gasteiger partial charge in [0.25, 0.3) is 0 Å². The van der Waals surface area contributed by atoms with Crippen molar-refractivity contribution in [1.29, 1.82) is 0 Å². The Bertz CT molecular complexity index is 267. The number of carbonyl (C=O) groups is 1. The summed E-state index contributed by atoms with van der Waals surface area (Å²) in [5.74, 6) is -0.435. The van der Waals surface area contributed by atoms with Crippen molar-refractivity contribution in [2.75, 3.05) is 25.1 Å². The molecule has 0 aliphatic rings. The Morgan fingerprint density at radius 3 is 1.44 bits per heavy atom. The van der Waals surface area contributed by atoms with Crippen LogP contribution in [-0.4, -0.2) is 35.9 Å². The smallest absolute Gasteiger partial charge is 0.243 e. The van der Waals surface area contributed by atoms with E-state index in [1.165, 1.54) is 81.6 Å². The molecule has 0 spiro atoms. The Balaban J connectivity index is -0.000000397. The highest BCUT2D eigenvalue weighted by Crippen LogP contribution is 2.10. The lowest BCUT2D eigenvalue weighted by molar-refractivity contribution is -0.114. The monoisotopic (exact) mass is 468 g/mol. The van der Waals surface area contributed by atoms with Gasteiger partial charge in [-0.3, -0.25) is 4.79 Å². The topological polar surface area (TPSA) is 46.3 Å². The molecule has 0 aromatic rings. The third kappa shape index (κ3) is 40.1. The van der Waals surface area contributed by atoms with E-state index in [-0.39, 0.29) is 0 Å². The molecule has 0 atom stereocenters. The number of alkyl halides is 1. The van der Waals surface area contributed by atoms with Crippen LogP contribution in [0.4, 0.5) is 0 Å². The zero-order chi connectivity index (χ0) is 19.9. The predicted octanol–water partition coefficient (Wildman–Crippen LogP) is 6.35. The third-order valence-electron chi connectivity index (χ3n) is 3.57. The van der Waals surface area contributed by atoms with E-state index in [0.717, 1.165) is 0 Å². The number of amides is 1. The van der Waals surface area contributed by atoms with E-state index < -0.39 is 5.91 Å². The first-order valence-corrected chi connectivity index (χ1v) is 11.5. The third-order valence-corrected chi connectivity index (χ3v) is 4.65. The van der Waals surface area contributed by atoms with Crippen LogP contribution in [0.15, 0.2) is 12.2 Å². The molecule has 0 saturated heterocycles. The number of halogens is 1. The summed E-state index contributed by atoms with van der Waals surface area (Å²) < 4.78 is 1.29. The van der Waals surface area contributed by atoms with Crippen molar-refractivity contribution in [2.45, 2.75) is 91.4 Å². The Morgan fingerprint density at radius 2 is 1.20 bits per heavy atom. The fourth-order valence-corrected chi connectivity index (χ4v) is 1.92. The minimum Gasteiger partial charge on any atom is -0.366 e. The molecule has 0 aromatic carbocycles. The van der Waals surface area contributed by atoms with Gasteiger partial charge in [0.15, 0.2) is 0 Å². The second-order valence-electron chi connectivity index (χ2n) is 6.82. The van der Waals surface area contributed by atoms with E-state index in [4.69, 9.17) is 5.73 Å². The summed E-state index contributed by atoms with van der Waals surface area (Å²) in [6.45, 7) is 10.6. The number of unbranched alkanes of at least 4 members (excludes halogenated alkanes) is 9. The van der Waals surface area contributed by atoms with Gasteiger partial charge in [-0.15, -0.1) is 0 Å². The largest absolute Gasteiger partial charge is 0.366 e. The van der Waals surface area contributed by atoms with Gasteiger partial charge in [0.2, 0.25) is 5.91 Å². The summed E-state index contributed by atoms with van der Waals surface area (Å²) in [5, 5.41) is 0. The van der Waals surface area contributed by atoms with Gasteiger partial charge < -0.3 is 10.6 Å². The number of nitrogens with zero attached hydrogens (tertiary/aromatic N) is 1. The van der Waals surface area contributed by atoms with Crippen LogP contribution in [-0.2, 0) is 4.79 Å². The molecule has 0 bridgehead atoms. The van der Waals surface area contributed by atoms with Crippen LogP contribution in [0.2, 0.25) is 0 Å². The highest BCUT2D eigenvalue weighted by molar-refractivity contribution is 14.1. The highest BCUT2D eigenvalue weighted by Gasteiger charge is 1.93. The predicted molar refractivity (Wildman–Crippen MR) is 124 cm³/mol. The highest BCUT2D eigenvalue weighted by atomic mass is 127. The van der Waals surface area contributed by atoms with Crippen molar-refractivity contribution >= 4 is 28.5 Å². The maximum absolute atomic E-state index is 9.82. The summed E-state index contributed by atoms with van der Waals surface area (Å²) in [4.78, 5) is 12.1. The average molecular weight is 469 g/mol. The lowest BCUT2D eigenvalue weighted by atomic mass is 10.1. The van der Waals surface area contributed by atoms with E-state index in [9.17, 15) is 4.79 Å². The van der Waals surface area contributed by atoms with Crippen LogP contribution in [0.3, 0.4) is 0 Å². The van der Waals surface area contributed by atoms with Crippen molar-refractivity contribution in [3.8, 4) is 0 Å². The average Bonchev–Trinajstić information content (AvgIpc) is 2.57. The van der Waals surface area contributed by atoms with Crippen LogP contribution in [0.25, 0.3) is 0 Å². The molecule has 0 aromatic heterocycles. The molecule has 152 valence electrons. The first-order valence-electron chi connectivity index (χ1n) is 9.99. The van der Waals surface area contributed by atoms with Crippen LogP contribution >= 0.6 is 22.6 Å². The molecule has 0 saturated carbocycles. The van der Waals surface area contributed by atoms with E-state index >= 15 is 0 Å². The standard InChI is InChI=1S/C14H31N.C4H7NO.C3H7I/c1-4-5-6-7-8-9-10-11-12-13-14-15(2)3;1-3(2)4(5)6;1-2-3-4/h4-14H2,1-3H3;1H2,2H3,(H2,5,6);2-3H2,1H3. The lowest BCUT2D eigenvalue weighted by Gasteiger charge is -2.08. The molecule has 3 nitrogen and oxygen atoms in total. The molecule has 25 heavy (non-hydrogen) atoms. The first kappa shape index (κ1) is 29.7. The normalized spacial score (nSPS) is 9.72. The molecule has 0 fully saturated rings. The van der Waals surface area contributed by atoms with Crippen LogP contribution in [0, 0.1) is 0 Å². The molecule has 0 aliphatic heterocycles. The molecule has 0 aliphatic carbocycles. The fraction of sp³-hybridized carbons (Fsp3) is 0.857. The minimum absolute atomic E-state index is 0.398. The van der Waals surface area contributed by atoms with Gasteiger partial charge in [0.1, 0.15) is 0 Å². The number of nitrogens with two attached hydrogens (primary N) is 1.